The third kappa shape index (κ3) is 4.17. The van der Waals surface area contributed by atoms with E-state index in [9.17, 15) is 9.59 Å². The highest BCUT2D eigenvalue weighted by molar-refractivity contribution is 5.97. The van der Waals surface area contributed by atoms with Crippen molar-refractivity contribution in [2.45, 2.75) is 95.1 Å². The van der Waals surface area contributed by atoms with Crippen molar-refractivity contribution in [1.29, 1.82) is 0 Å². The number of nitrogens with zero attached hydrogens (tertiary/aromatic N) is 5. The fraction of sp³-hybridized carbons (Fsp3) is 0.543. The van der Waals surface area contributed by atoms with E-state index in [-0.39, 0.29) is 36.0 Å². The lowest BCUT2D eigenvalue weighted by atomic mass is 9.74. The van der Waals surface area contributed by atoms with Crippen LogP contribution in [0.25, 0.3) is 28.1 Å². The van der Waals surface area contributed by atoms with Gasteiger partial charge in [-0.3, -0.25) is 14.0 Å². The Morgan fingerprint density at radius 1 is 1.15 bits per heavy atom. The van der Waals surface area contributed by atoms with Gasteiger partial charge in [-0.05, 0) is 94.9 Å². The molecule has 8 heterocycles. The number of imidazole rings is 1. The Kier molecular flexibility index (Phi) is 6.16. The lowest BCUT2D eigenvalue weighted by Gasteiger charge is -2.35. The number of carbonyl (C=O) groups excluding carboxylic acids is 2. The van der Waals surface area contributed by atoms with Crippen molar-refractivity contribution in [2.75, 3.05) is 13.7 Å². The molecule has 6 aliphatic rings. The fourth-order valence-corrected chi connectivity index (χ4v) is 8.66. The SMILES string of the molecule is COc1cc(C(=O)N2[C@H]3CC[C@@H]2[C@H](N)C3)cc2nc(-c3cc4ccc([C@@H](C)NC(=O)C56CC(CO5)C6)nc4n3CC3CC3)c(C)n12. The van der Waals surface area contributed by atoms with Crippen molar-refractivity contribution in [2.24, 2.45) is 17.6 Å². The number of aromatic nitrogens is 4. The zero-order chi connectivity index (χ0) is 31.5. The van der Waals surface area contributed by atoms with Gasteiger partial charge in [-0.25, -0.2) is 9.97 Å². The first kappa shape index (κ1) is 28.3. The highest BCUT2D eigenvalue weighted by Gasteiger charge is 2.57. The zero-order valence-electron chi connectivity index (χ0n) is 26.7. The number of fused-ring (bicyclic) bond motifs is 5. The second-order valence-electron chi connectivity index (χ2n) is 14.4. The average molecular weight is 624 g/mol. The molecule has 0 radical (unpaired) electrons. The second kappa shape index (κ2) is 10.0. The molecule has 11 heteroatoms. The Bertz CT molecular complexity index is 1910. The van der Waals surface area contributed by atoms with Crippen LogP contribution in [0.3, 0.4) is 0 Å². The first-order valence-electron chi connectivity index (χ1n) is 16.8. The predicted octanol–water partition coefficient (Wildman–Crippen LogP) is 4.14. The van der Waals surface area contributed by atoms with Gasteiger partial charge in [0.05, 0.1) is 36.8 Å². The molecule has 0 aromatic carbocycles. The van der Waals surface area contributed by atoms with Crippen LogP contribution in [0.1, 0.15) is 79.7 Å². The molecular weight excluding hydrogens is 582 g/mol. The summed E-state index contributed by atoms with van der Waals surface area (Å²) in [6, 6.07) is 10.1. The highest BCUT2D eigenvalue weighted by Crippen LogP contribution is 2.48. The minimum Gasteiger partial charge on any atom is -0.482 e. The summed E-state index contributed by atoms with van der Waals surface area (Å²) in [5, 5.41) is 4.20. The largest absolute Gasteiger partial charge is 0.482 e. The third-order valence-electron chi connectivity index (χ3n) is 11.4. The first-order chi connectivity index (χ1) is 22.2. The van der Waals surface area contributed by atoms with Crippen LogP contribution < -0.4 is 15.8 Å². The molecule has 2 saturated carbocycles. The first-order valence-corrected chi connectivity index (χ1v) is 16.8. The summed E-state index contributed by atoms with van der Waals surface area (Å²) in [6.07, 6.45) is 6.86. The van der Waals surface area contributed by atoms with Crippen LogP contribution in [0.15, 0.2) is 30.3 Å². The Morgan fingerprint density at radius 2 is 1.98 bits per heavy atom. The number of carbonyl (C=O) groups is 2. The van der Waals surface area contributed by atoms with Crippen LogP contribution >= 0.6 is 0 Å². The molecule has 240 valence electrons. The number of methoxy groups -OCH3 is 1. The molecule has 2 aliphatic carbocycles. The quantitative estimate of drug-likeness (QED) is 0.302. The van der Waals surface area contributed by atoms with E-state index in [4.69, 9.17) is 25.2 Å². The van der Waals surface area contributed by atoms with E-state index >= 15 is 0 Å². The molecular formula is C35H41N7O4. The summed E-state index contributed by atoms with van der Waals surface area (Å²) >= 11 is 0. The lowest BCUT2D eigenvalue weighted by molar-refractivity contribution is -0.144. The number of ether oxygens (including phenoxy) is 2. The molecule has 3 N–H and O–H groups in total. The number of hydrogen-bond acceptors (Lipinski definition) is 7. The van der Waals surface area contributed by atoms with Crippen LogP contribution in [0, 0.1) is 18.8 Å². The Labute approximate surface area is 267 Å². The minimum absolute atomic E-state index is 0.000426. The molecule has 0 spiro atoms. The molecule has 2 amide bonds. The second-order valence-corrected chi connectivity index (χ2v) is 14.4. The zero-order valence-corrected chi connectivity index (χ0v) is 26.7. The summed E-state index contributed by atoms with van der Waals surface area (Å²) in [4.78, 5) is 39.2. The molecule has 4 saturated heterocycles. The van der Waals surface area contributed by atoms with Crippen LogP contribution in [-0.4, -0.2) is 73.1 Å². The number of nitrogens with two attached hydrogens (primary N) is 1. The summed E-state index contributed by atoms with van der Waals surface area (Å²) in [7, 11) is 1.63. The standard InChI is InChI=1S/C35H41N7O4/c1-18(37-34(44)35-14-21(15-35)17-46-35)26-8-6-22-10-28(40(32(22)38-26)16-20-4-5-20)31-19(2)41-29(39-31)11-23(12-30(41)45-3)33(43)42-24-7-9-27(42)25(36)13-24/h6,8,10-12,18,20-21,24-25,27H,4-5,7,9,13-17,36H2,1-3H3,(H,37,44)/t18-,21?,24+,25-,27-,35?/m1/s1. The third-order valence-corrected chi connectivity index (χ3v) is 11.4. The van der Waals surface area contributed by atoms with Gasteiger partial charge in [-0.15, -0.1) is 0 Å². The molecule has 10 rings (SSSR count). The van der Waals surface area contributed by atoms with Gasteiger partial charge < -0.3 is 30.0 Å². The molecule has 4 atom stereocenters. The fourth-order valence-electron chi connectivity index (χ4n) is 8.66. The number of rotatable bonds is 8. The Morgan fingerprint density at radius 3 is 2.65 bits per heavy atom. The van der Waals surface area contributed by atoms with E-state index < -0.39 is 5.60 Å². The molecule has 4 aliphatic heterocycles. The number of aryl methyl sites for hydroxylation is 1. The highest BCUT2D eigenvalue weighted by atomic mass is 16.5. The van der Waals surface area contributed by atoms with E-state index in [1.165, 1.54) is 12.8 Å². The van der Waals surface area contributed by atoms with Crippen molar-refractivity contribution in [3.05, 3.63) is 47.3 Å². The average Bonchev–Trinajstić information content (AvgIpc) is 3.53. The van der Waals surface area contributed by atoms with Crippen molar-refractivity contribution in [1.82, 2.24) is 29.2 Å². The van der Waals surface area contributed by atoms with Gasteiger partial charge >= 0.3 is 0 Å². The molecule has 4 bridgehead atoms. The normalized spacial score (nSPS) is 28.7. The number of hydrogen-bond donors (Lipinski definition) is 2. The number of amides is 2. The van der Waals surface area contributed by atoms with Crippen LogP contribution in [0.4, 0.5) is 0 Å². The molecule has 46 heavy (non-hydrogen) atoms. The molecule has 4 aromatic heterocycles. The van der Waals surface area contributed by atoms with Gasteiger partial charge in [-0.2, -0.15) is 0 Å². The van der Waals surface area contributed by atoms with E-state index in [2.05, 4.69) is 22.0 Å². The Balaban J connectivity index is 1.09. The summed E-state index contributed by atoms with van der Waals surface area (Å²) in [5.74, 6) is 1.66. The van der Waals surface area contributed by atoms with Gasteiger partial charge in [-0.1, -0.05) is 0 Å². The molecule has 4 aromatic rings. The number of pyridine rings is 2. The Hall–Kier alpha value is -3.96. The van der Waals surface area contributed by atoms with E-state index in [0.717, 1.165) is 72.5 Å². The van der Waals surface area contributed by atoms with Crippen molar-refractivity contribution in [3.63, 3.8) is 0 Å². The monoisotopic (exact) mass is 623 g/mol. The maximum absolute atomic E-state index is 13.8. The van der Waals surface area contributed by atoms with Gasteiger partial charge in [0.2, 0.25) is 0 Å². The maximum atomic E-state index is 13.8. The van der Waals surface area contributed by atoms with Crippen LogP contribution in [-0.2, 0) is 16.1 Å². The number of nitrogens with one attached hydrogen (secondary N) is 1. The van der Waals surface area contributed by atoms with Gasteiger partial charge in [0.1, 0.15) is 22.6 Å². The van der Waals surface area contributed by atoms with Crippen LogP contribution in [0.5, 0.6) is 5.88 Å². The summed E-state index contributed by atoms with van der Waals surface area (Å²) in [5.41, 5.74) is 11.4. The maximum Gasteiger partial charge on any atom is 0.254 e. The van der Waals surface area contributed by atoms with Gasteiger partial charge in [0.25, 0.3) is 11.8 Å². The minimum atomic E-state index is -0.643. The van der Waals surface area contributed by atoms with E-state index in [1.807, 2.05) is 41.3 Å². The topological polar surface area (TPSA) is 129 Å². The van der Waals surface area contributed by atoms with Crippen LogP contribution in [0.2, 0.25) is 0 Å². The lowest BCUT2D eigenvalue weighted by Crippen LogP contribution is -2.51. The smallest absolute Gasteiger partial charge is 0.254 e. The molecule has 6 fully saturated rings. The molecule has 11 nitrogen and oxygen atoms in total. The summed E-state index contributed by atoms with van der Waals surface area (Å²) < 4.78 is 16.0. The molecule has 0 unspecified atom stereocenters. The van der Waals surface area contributed by atoms with Gasteiger partial charge in [0.15, 0.2) is 5.88 Å². The van der Waals surface area contributed by atoms with Crippen molar-refractivity contribution < 1.29 is 19.1 Å². The van der Waals surface area contributed by atoms with Crippen molar-refractivity contribution >= 4 is 28.5 Å². The van der Waals surface area contributed by atoms with Gasteiger partial charge in [0, 0.05) is 41.7 Å². The van der Waals surface area contributed by atoms with Crippen molar-refractivity contribution in [3.8, 4) is 17.3 Å². The predicted molar refractivity (Wildman–Crippen MR) is 171 cm³/mol. The van der Waals surface area contributed by atoms with E-state index in [1.54, 1.807) is 7.11 Å². The van der Waals surface area contributed by atoms with E-state index in [0.29, 0.717) is 35.5 Å². The summed E-state index contributed by atoms with van der Waals surface area (Å²) in [6.45, 7) is 5.57.